The van der Waals surface area contributed by atoms with E-state index < -0.39 is 0 Å². The molecule has 0 heterocycles. The lowest BCUT2D eigenvalue weighted by molar-refractivity contribution is -0.146. The average Bonchev–Trinajstić information content (AvgIpc) is 2.18. The first kappa shape index (κ1) is 12.3. The highest BCUT2D eigenvalue weighted by atomic mass is 16.5. The SMILES string of the molecule is C=C(C)C(=O)OC(C)C1CCC(C)CC1. The molecule has 2 nitrogen and oxygen atoms in total. The molecule has 0 aromatic heterocycles. The number of carbonyl (C=O) groups is 1. The predicted octanol–water partition coefficient (Wildman–Crippen LogP) is 3.32. The van der Waals surface area contributed by atoms with Gasteiger partial charge in [0.2, 0.25) is 0 Å². The van der Waals surface area contributed by atoms with Crippen LogP contribution in [0.15, 0.2) is 12.2 Å². The molecule has 0 aliphatic heterocycles. The summed E-state index contributed by atoms with van der Waals surface area (Å²) in [4.78, 5) is 11.3. The second-order valence-electron chi connectivity index (χ2n) is 4.91. The Morgan fingerprint density at radius 1 is 1.33 bits per heavy atom. The van der Waals surface area contributed by atoms with E-state index in [0.29, 0.717) is 11.5 Å². The van der Waals surface area contributed by atoms with E-state index >= 15 is 0 Å². The van der Waals surface area contributed by atoms with Gasteiger partial charge in [-0.3, -0.25) is 0 Å². The first-order valence-electron chi connectivity index (χ1n) is 5.87. The van der Waals surface area contributed by atoms with Crippen molar-refractivity contribution in [3.63, 3.8) is 0 Å². The van der Waals surface area contributed by atoms with Crippen molar-refractivity contribution in [2.45, 2.75) is 52.6 Å². The largest absolute Gasteiger partial charge is 0.459 e. The monoisotopic (exact) mass is 210 g/mol. The van der Waals surface area contributed by atoms with Crippen LogP contribution >= 0.6 is 0 Å². The molecule has 1 saturated carbocycles. The van der Waals surface area contributed by atoms with Crippen molar-refractivity contribution in [1.82, 2.24) is 0 Å². The number of rotatable bonds is 3. The summed E-state index contributed by atoms with van der Waals surface area (Å²) >= 11 is 0. The lowest BCUT2D eigenvalue weighted by Gasteiger charge is -2.30. The fraction of sp³-hybridized carbons (Fsp3) is 0.769. The Morgan fingerprint density at radius 2 is 1.87 bits per heavy atom. The molecule has 1 unspecified atom stereocenters. The molecule has 2 heteroatoms. The highest BCUT2D eigenvalue weighted by molar-refractivity contribution is 5.87. The van der Waals surface area contributed by atoms with E-state index in [1.54, 1.807) is 6.92 Å². The molecule has 1 rings (SSSR count). The minimum atomic E-state index is -0.249. The molecule has 0 aromatic rings. The molecular weight excluding hydrogens is 188 g/mol. The standard InChI is InChI=1S/C13H22O2/c1-9(2)13(14)15-11(4)12-7-5-10(3)6-8-12/h10-12H,1,5-8H2,2-4H3. The summed E-state index contributed by atoms with van der Waals surface area (Å²) in [5.41, 5.74) is 0.492. The molecule has 0 spiro atoms. The van der Waals surface area contributed by atoms with Crippen LogP contribution < -0.4 is 0 Å². The highest BCUT2D eigenvalue weighted by Crippen LogP contribution is 2.31. The van der Waals surface area contributed by atoms with Gasteiger partial charge in [-0.05, 0) is 38.5 Å². The van der Waals surface area contributed by atoms with Crippen LogP contribution in [0.2, 0.25) is 0 Å². The Labute approximate surface area is 92.7 Å². The van der Waals surface area contributed by atoms with E-state index in [0.717, 1.165) is 5.92 Å². The maximum Gasteiger partial charge on any atom is 0.333 e. The van der Waals surface area contributed by atoms with Gasteiger partial charge in [-0.2, -0.15) is 0 Å². The van der Waals surface area contributed by atoms with Gasteiger partial charge in [0.25, 0.3) is 0 Å². The molecule has 0 N–H and O–H groups in total. The minimum Gasteiger partial charge on any atom is -0.459 e. The molecule has 0 amide bonds. The molecule has 0 radical (unpaired) electrons. The molecule has 15 heavy (non-hydrogen) atoms. The van der Waals surface area contributed by atoms with Gasteiger partial charge in [0.1, 0.15) is 6.10 Å². The highest BCUT2D eigenvalue weighted by Gasteiger charge is 2.25. The number of hydrogen-bond acceptors (Lipinski definition) is 2. The van der Waals surface area contributed by atoms with Crippen LogP contribution in [0.4, 0.5) is 0 Å². The molecule has 1 aliphatic rings. The van der Waals surface area contributed by atoms with Crippen LogP contribution in [-0.4, -0.2) is 12.1 Å². The molecule has 1 aliphatic carbocycles. The Hall–Kier alpha value is -0.790. The summed E-state index contributed by atoms with van der Waals surface area (Å²) in [6.45, 7) is 9.58. The third kappa shape index (κ3) is 3.69. The zero-order valence-electron chi connectivity index (χ0n) is 10.1. The van der Waals surface area contributed by atoms with Gasteiger partial charge in [-0.1, -0.05) is 26.3 Å². The van der Waals surface area contributed by atoms with Crippen LogP contribution in [0, 0.1) is 11.8 Å². The van der Waals surface area contributed by atoms with E-state index in [9.17, 15) is 4.79 Å². The molecule has 0 aromatic carbocycles. The Morgan fingerprint density at radius 3 is 2.33 bits per heavy atom. The first-order chi connectivity index (χ1) is 7.00. The summed E-state index contributed by atoms with van der Waals surface area (Å²) in [6, 6.07) is 0. The Kier molecular flexibility index (Phi) is 4.37. The average molecular weight is 210 g/mol. The minimum absolute atomic E-state index is 0.0432. The van der Waals surface area contributed by atoms with Gasteiger partial charge in [0.05, 0.1) is 0 Å². The number of ether oxygens (including phenoxy) is 1. The third-order valence-corrected chi connectivity index (χ3v) is 3.37. The lowest BCUT2D eigenvalue weighted by Crippen LogP contribution is -2.27. The summed E-state index contributed by atoms with van der Waals surface area (Å²) in [5.74, 6) is 1.14. The van der Waals surface area contributed by atoms with Crippen LogP contribution in [0.1, 0.15) is 46.5 Å². The normalized spacial score (nSPS) is 28.2. The van der Waals surface area contributed by atoms with Crippen molar-refractivity contribution in [1.29, 1.82) is 0 Å². The zero-order chi connectivity index (χ0) is 11.4. The first-order valence-corrected chi connectivity index (χ1v) is 5.87. The van der Waals surface area contributed by atoms with E-state index in [4.69, 9.17) is 4.74 Å². The maximum absolute atomic E-state index is 11.3. The maximum atomic E-state index is 11.3. The van der Waals surface area contributed by atoms with E-state index in [-0.39, 0.29) is 12.1 Å². The van der Waals surface area contributed by atoms with Gasteiger partial charge >= 0.3 is 5.97 Å². The molecule has 1 atom stereocenters. The summed E-state index contributed by atoms with van der Waals surface area (Å²) in [5, 5.41) is 0. The topological polar surface area (TPSA) is 26.3 Å². The van der Waals surface area contributed by atoms with Gasteiger partial charge in [-0.25, -0.2) is 4.79 Å². The van der Waals surface area contributed by atoms with Crippen LogP contribution in [0.5, 0.6) is 0 Å². The Bertz CT molecular complexity index is 237. The van der Waals surface area contributed by atoms with Crippen molar-refractivity contribution >= 4 is 5.97 Å². The van der Waals surface area contributed by atoms with Gasteiger partial charge in [-0.15, -0.1) is 0 Å². The molecular formula is C13H22O2. The number of carbonyl (C=O) groups excluding carboxylic acids is 1. The third-order valence-electron chi connectivity index (χ3n) is 3.37. The molecule has 0 bridgehead atoms. The Balaban J connectivity index is 2.37. The quantitative estimate of drug-likeness (QED) is 0.527. The van der Waals surface area contributed by atoms with Crippen molar-refractivity contribution < 1.29 is 9.53 Å². The summed E-state index contributed by atoms with van der Waals surface area (Å²) < 4.78 is 5.35. The fourth-order valence-corrected chi connectivity index (χ4v) is 2.12. The van der Waals surface area contributed by atoms with Gasteiger partial charge < -0.3 is 4.74 Å². The number of esters is 1. The van der Waals surface area contributed by atoms with Gasteiger partial charge in [0.15, 0.2) is 0 Å². The van der Waals surface area contributed by atoms with Crippen molar-refractivity contribution in [3.05, 3.63) is 12.2 Å². The molecule has 0 saturated heterocycles. The molecule has 86 valence electrons. The zero-order valence-corrected chi connectivity index (χ0v) is 10.1. The number of hydrogen-bond donors (Lipinski definition) is 0. The van der Waals surface area contributed by atoms with Crippen LogP contribution in [0.3, 0.4) is 0 Å². The van der Waals surface area contributed by atoms with Crippen molar-refractivity contribution in [2.75, 3.05) is 0 Å². The van der Waals surface area contributed by atoms with E-state index in [2.05, 4.69) is 13.5 Å². The second kappa shape index (κ2) is 5.34. The summed E-state index contributed by atoms with van der Waals surface area (Å²) in [6.07, 6.45) is 4.94. The summed E-state index contributed by atoms with van der Waals surface area (Å²) in [7, 11) is 0. The lowest BCUT2D eigenvalue weighted by atomic mass is 9.80. The van der Waals surface area contributed by atoms with Crippen molar-refractivity contribution in [3.8, 4) is 0 Å². The predicted molar refractivity (Wildman–Crippen MR) is 61.5 cm³/mol. The van der Waals surface area contributed by atoms with Gasteiger partial charge in [0, 0.05) is 5.57 Å². The van der Waals surface area contributed by atoms with E-state index in [1.807, 2.05) is 6.92 Å². The van der Waals surface area contributed by atoms with Crippen LogP contribution in [0.25, 0.3) is 0 Å². The van der Waals surface area contributed by atoms with E-state index in [1.165, 1.54) is 25.7 Å². The fourth-order valence-electron chi connectivity index (χ4n) is 2.12. The van der Waals surface area contributed by atoms with Crippen LogP contribution in [-0.2, 0) is 9.53 Å². The van der Waals surface area contributed by atoms with Crippen molar-refractivity contribution in [2.24, 2.45) is 11.8 Å². The smallest absolute Gasteiger partial charge is 0.333 e. The molecule has 1 fully saturated rings. The second-order valence-corrected chi connectivity index (χ2v) is 4.91.